The number of nitrogens with zero attached hydrogens (tertiary/aromatic N) is 6. The molecule has 0 spiro atoms. The van der Waals surface area contributed by atoms with Crippen LogP contribution in [0.2, 0.25) is 0 Å². The van der Waals surface area contributed by atoms with E-state index in [-0.39, 0.29) is 0 Å². The van der Waals surface area contributed by atoms with Crippen molar-refractivity contribution in [1.29, 1.82) is 15.8 Å². The van der Waals surface area contributed by atoms with Crippen molar-refractivity contribution in [2.45, 2.75) is 0 Å². The topological polar surface area (TPSA) is 85.0 Å². The van der Waals surface area contributed by atoms with Gasteiger partial charge < -0.3 is 4.57 Å². The van der Waals surface area contributed by atoms with Crippen LogP contribution in [-0.2, 0) is 0 Å². The first-order valence-corrected chi connectivity index (χ1v) is 20.8. The summed E-state index contributed by atoms with van der Waals surface area (Å²) in [6.07, 6.45) is 0. The first-order chi connectivity index (χ1) is 32.0. The lowest BCUT2D eigenvalue weighted by atomic mass is 9.90. The number of nitriles is 3. The second kappa shape index (κ2) is 16.6. The quantitative estimate of drug-likeness (QED) is 0.150. The van der Waals surface area contributed by atoms with Gasteiger partial charge >= 0.3 is 0 Å². The zero-order valence-corrected chi connectivity index (χ0v) is 34.7. The highest BCUT2D eigenvalue weighted by atomic mass is 15.0. The summed E-state index contributed by atoms with van der Waals surface area (Å²) in [5.74, 6) is 0. The molecule has 0 radical (unpaired) electrons. The molecule has 0 aliphatic rings. The Labute approximate surface area is 376 Å². The Hall–Kier alpha value is -9.77. The van der Waals surface area contributed by atoms with Crippen LogP contribution in [0.1, 0.15) is 16.7 Å². The predicted octanol–water partition coefficient (Wildman–Crippen LogP) is 15.5. The second-order valence-electron chi connectivity index (χ2n) is 15.6. The molecule has 0 aliphatic carbocycles. The van der Waals surface area contributed by atoms with Gasteiger partial charge in [-0.15, -0.1) is 0 Å². The Balaban J connectivity index is 1.24. The van der Waals surface area contributed by atoms with Crippen LogP contribution < -0.4 is 0 Å². The number of hydrogen-bond acceptors (Lipinski definition) is 3. The van der Waals surface area contributed by atoms with E-state index in [1.807, 2.05) is 133 Å². The first kappa shape index (κ1) is 39.4. The molecule has 0 bridgehead atoms. The van der Waals surface area contributed by atoms with E-state index in [4.69, 9.17) is 13.1 Å². The van der Waals surface area contributed by atoms with Crippen LogP contribution in [0.4, 0.5) is 11.4 Å². The van der Waals surface area contributed by atoms with E-state index in [1.165, 1.54) is 0 Å². The Bertz CT molecular complexity index is 3430. The average Bonchev–Trinajstić information content (AvgIpc) is 3.70. The molecule has 0 saturated heterocycles. The maximum Gasteiger partial charge on any atom is 0.194 e. The van der Waals surface area contributed by atoms with Gasteiger partial charge in [0.05, 0.1) is 58.7 Å². The summed E-state index contributed by atoms with van der Waals surface area (Å²) in [6, 6.07) is 70.2. The number of para-hydroxylation sites is 3. The van der Waals surface area contributed by atoms with E-state index < -0.39 is 0 Å². The van der Waals surface area contributed by atoms with Gasteiger partial charge in [0.15, 0.2) is 11.4 Å². The molecule has 9 aromatic carbocycles. The van der Waals surface area contributed by atoms with Crippen LogP contribution in [0.3, 0.4) is 0 Å². The van der Waals surface area contributed by atoms with E-state index >= 15 is 0 Å². The number of hydrogen-bond donors (Lipinski definition) is 0. The fraction of sp³-hybridized carbons (Fsp3) is 0. The third kappa shape index (κ3) is 7.01. The van der Waals surface area contributed by atoms with Crippen molar-refractivity contribution in [1.82, 2.24) is 4.57 Å². The van der Waals surface area contributed by atoms with Crippen molar-refractivity contribution in [2.75, 3.05) is 0 Å². The molecule has 0 aliphatic heterocycles. The molecule has 0 unspecified atom stereocenters. The largest absolute Gasteiger partial charge is 0.308 e. The Morgan fingerprint density at radius 3 is 1.12 bits per heavy atom. The highest BCUT2D eigenvalue weighted by Gasteiger charge is 2.19. The van der Waals surface area contributed by atoms with Crippen molar-refractivity contribution in [2.24, 2.45) is 0 Å². The monoisotopic (exact) mass is 824 g/mol. The van der Waals surface area contributed by atoms with Gasteiger partial charge in [-0.2, -0.15) is 15.8 Å². The Kier molecular flexibility index (Phi) is 10.1. The smallest absolute Gasteiger partial charge is 0.194 e. The summed E-state index contributed by atoms with van der Waals surface area (Å²) in [5.41, 5.74) is 15.6. The molecular formula is C59H32N6. The molecule has 298 valence electrons. The number of benzene rings is 9. The van der Waals surface area contributed by atoms with Gasteiger partial charge in [-0.1, -0.05) is 109 Å². The maximum atomic E-state index is 10.3. The van der Waals surface area contributed by atoms with E-state index in [0.717, 1.165) is 94.3 Å². The maximum absolute atomic E-state index is 10.3. The van der Waals surface area contributed by atoms with E-state index in [0.29, 0.717) is 28.1 Å². The van der Waals surface area contributed by atoms with Crippen LogP contribution in [0, 0.1) is 47.1 Å². The molecule has 0 saturated carbocycles. The van der Waals surface area contributed by atoms with Crippen molar-refractivity contribution in [3.63, 3.8) is 0 Å². The van der Waals surface area contributed by atoms with Gasteiger partial charge in [0.2, 0.25) is 0 Å². The normalized spacial score (nSPS) is 10.7. The molecule has 6 heteroatoms. The van der Waals surface area contributed by atoms with Crippen LogP contribution in [-0.4, -0.2) is 4.57 Å². The van der Waals surface area contributed by atoms with Gasteiger partial charge in [-0.3, -0.25) is 0 Å². The summed E-state index contributed by atoms with van der Waals surface area (Å²) < 4.78 is 2.14. The van der Waals surface area contributed by atoms with Crippen LogP contribution in [0.25, 0.3) is 104 Å². The molecule has 0 atom stereocenters. The summed E-state index contributed by atoms with van der Waals surface area (Å²) in [7, 11) is 0. The third-order valence-corrected chi connectivity index (χ3v) is 12.0. The van der Waals surface area contributed by atoms with Crippen molar-refractivity contribution < 1.29 is 0 Å². The summed E-state index contributed by atoms with van der Waals surface area (Å²) >= 11 is 0. The fourth-order valence-corrected chi connectivity index (χ4v) is 8.91. The Morgan fingerprint density at radius 1 is 0.338 bits per heavy atom. The molecule has 1 heterocycles. The fourth-order valence-electron chi connectivity index (χ4n) is 8.91. The summed E-state index contributed by atoms with van der Waals surface area (Å²) in [5, 5.41) is 32.6. The van der Waals surface area contributed by atoms with Crippen molar-refractivity contribution in [3.8, 4) is 90.7 Å². The summed E-state index contributed by atoms with van der Waals surface area (Å²) in [6.45, 7) is 15.9. The van der Waals surface area contributed by atoms with Gasteiger partial charge in [-0.05, 0) is 152 Å². The zero-order chi connectivity index (χ0) is 44.4. The minimum Gasteiger partial charge on any atom is -0.308 e. The SMILES string of the molecule is [C-]#[N+]c1ccccc1-c1cc(-c2ccc3c(c2)c2cc(-c4cc(-c5ccccc5C#N)cc(-c5ccccc5[N+]#[C-])c4)ccc2n3-c2ccccc2C#N)cc(-c2ccccc2C#N)c1. The molecular weight excluding hydrogens is 793 g/mol. The third-order valence-electron chi connectivity index (χ3n) is 12.0. The first-order valence-electron chi connectivity index (χ1n) is 20.8. The molecule has 10 rings (SSSR count). The van der Waals surface area contributed by atoms with Gasteiger partial charge in [0.25, 0.3) is 0 Å². The molecule has 65 heavy (non-hydrogen) atoms. The molecule has 0 N–H and O–H groups in total. The lowest BCUT2D eigenvalue weighted by Crippen LogP contribution is -1.97. The van der Waals surface area contributed by atoms with E-state index in [2.05, 4.69) is 93.1 Å². The number of fused-ring (bicyclic) bond motifs is 3. The van der Waals surface area contributed by atoms with Gasteiger partial charge in [0, 0.05) is 10.8 Å². The molecule has 0 fully saturated rings. The zero-order valence-electron chi connectivity index (χ0n) is 34.7. The van der Waals surface area contributed by atoms with Crippen molar-refractivity contribution >= 4 is 33.2 Å². The molecule has 0 amide bonds. The average molecular weight is 825 g/mol. The van der Waals surface area contributed by atoms with Crippen LogP contribution >= 0.6 is 0 Å². The predicted molar refractivity (Wildman–Crippen MR) is 260 cm³/mol. The summed E-state index contributed by atoms with van der Waals surface area (Å²) in [4.78, 5) is 7.69. The molecule has 10 aromatic rings. The van der Waals surface area contributed by atoms with E-state index in [9.17, 15) is 15.8 Å². The van der Waals surface area contributed by atoms with Crippen molar-refractivity contribution in [3.05, 3.63) is 234 Å². The second-order valence-corrected chi connectivity index (χ2v) is 15.6. The highest BCUT2D eigenvalue weighted by molar-refractivity contribution is 6.12. The van der Waals surface area contributed by atoms with Gasteiger partial charge in [0.1, 0.15) is 6.07 Å². The standard InChI is InChI=1S/C59H32N6/c1-63-55-20-10-8-18-51(55)47-29-43(27-45(31-47)49-16-6-3-13-40(49)35-60)38-23-25-58-53(33-38)54-34-39(24-26-59(54)65(58)57-22-12-5-15-42(57)37-62)44-28-46(50-17-7-4-14-41(50)36-61)32-48(30-44)52-19-9-11-21-56(52)64-2/h3-34H. The van der Waals surface area contributed by atoms with Crippen LogP contribution in [0.15, 0.2) is 194 Å². The van der Waals surface area contributed by atoms with Gasteiger partial charge in [-0.25, -0.2) is 9.69 Å². The lowest BCUT2D eigenvalue weighted by molar-refractivity contribution is 1.17. The number of rotatable bonds is 7. The minimum atomic E-state index is 0.535. The number of aromatic nitrogens is 1. The molecule has 6 nitrogen and oxygen atoms in total. The lowest BCUT2D eigenvalue weighted by Gasteiger charge is -2.14. The van der Waals surface area contributed by atoms with E-state index in [1.54, 1.807) is 0 Å². The highest BCUT2D eigenvalue weighted by Crippen LogP contribution is 2.43. The minimum absolute atomic E-state index is 0.535. The van der Waals surface area contributed by atoms with Crippen LogP contribution in [0.5, 0.6) is 0 Å². The molecule has 1 aromatic heterocycles. The Morgan fingerprint density at radius 2 is 0.692 bits per heavy atom.